The van der Waals surface area contributed by atoms with Crippen LogP contribution in [-0.4, -0.2) is 18.1 Å². The molecule has 0 aromatic carbocycles. The fraction of sp³-hybridized carbons (Fsp3) is 0.200. The zero-order valence-electron chi connectivity index (χ0n) is 7.90. The number of pyridine rings is 1. The molecule has 74 valence electrons. The fourth-order valence-electron chi connectivity index (χ4n) is 0.901. The molecule has 1 aromatic rings. The van der Waals surface area contributed by atoms with Gasteiger partial charge in [-0.1, -0.05) is 6.58 Å². The summed E-state index contributed by atoms with van der Waals surface area (Å²) in [7, 11) is 1.34. The number of methoxy groups -OCH3 is 1. The first-order chi connectivity index (χ1) is 6.76. The van der Waals surface area contributed by atoms with Gasteiger partial charge < -0.3 is 9.47 Å². The van der Waals surface area contributed by atoms with Crippen LogP contribution in [-0.2, 0) is 16.0 Å². The molecule has 4 nitrogen and oxygen atoms in total. The first-order valence-electron chi connectivity index (χ1n) is 4.05. The highest BCUT2D eigenvalue weighted by atomic mass is 16.5. The van der Waals surface area contributed by atoms with Crippen molar-refractivity contribution >= 4 is 5.97 Å². The van der Waals surface area contributed by atoms with Gasteiger partial charge in [0.25, 0.3) is 0 Å². The van der Waals surface area contributed by atoms with E-state index in [1.807, 2.05) is 0 Å². The maximum absolute atomic E-state index is 10.9. The van der Waals surface area contributed by atoms with E-state index in [0.717, 1.165) is 0 Å². The van der Waals surface area contributed by atoms with Crippen molar-refractivity contribution in [1.82, 2.24) is 4.98 Å². The van der Waals surface area contributed by atoms with Crippen molar-refractivity contribution < 1.29 is 14.3 Å². The number of carbonyl (C=O) groups is 1. The molecule has 0 spiro atoms. The largest absolute Gasteiger partial charge is 0.469 e. The summed E-state index contributed by atoms with van der Waals surface area (Å²) in [5, 5.41) is 0. The van der Waals surface area contributed by atoms with Gasteiger partial charge in [-0.2, -0.15) is 0 Å². The van der Waals surface area contributed by atoms with Crippen molar-refractivity contribution in [1.29, 1.82) is 0 Å². The summed E-state index contributed by atoms with van der Waals surface area (Å²) >= 11 is 0. The highest BCUT2D eigenvalue weighted by Crippen LogP contribution is 2.09. The SMILES string of the molecule is C=COc1ccc(CC(=O)OC)nc1. The van der Waals surface area contributed by atoms with Gasteiger partial charge in [0.2, 0.25) is 0 Å². The third-order valence-corrected chi connectivity index (χ3v) is 1.57. The zero-order valence-corrected chi connectivity index (χ0v) is 7.90. The number of nitrogens with zero attached hydrogens (tertiary/aromatic N) is 1. The van der Waals surface area contributed by atoms with E-state index in [1.165, 1.54) is 19.6 Å². The summed E-state index contributed by atoms with van der Waals surface area (Å²) in [5.41, 5.74) is 0.647. The summed E-state index contributed by atoms with van der Waals surface area (Å²) in [6.45, 7) is 3.42. The molecule has 0 saturated carbocycles. The van der Waals surface area contributed by atoms with Crippen molar-refractivity contribution in [3.8, 4) is 5.75 Å². The molecule has 0 atom stereocenters. The van der Waals surface area contributed by atoms with Gasteiger partial charge in [0.1, 0.15) is 5.75 Å². The quantitative estimate of drug-likeness (QED) is 0.534. The average molecular weight is 193 g/mol. The molecule has 4 heteroatoms. The molecule has 0 fully saturated rings. The third kappa shape index (κ3) is 2.90. The molecule has 1 rings (SSSR count). The van der Waals surface area contributed by atoms with Crippen LogP contribution in [0, 0.1) is 0 Å². The second kappa shape index (κ2) is 5.01. The Balaban J connectivity index is 2.63. The molecule has 0 saturated heterocycles. The highest BCUT2D eigenvalue weighted by molar-refractivity contribution is 5.71. The van der Waals surface area contributed by atoms with Crippen LogP contribution >= 0.6 is 0 Å². The van der Waals surface area contributed by atoms with E-state index in [-0.39, 0.29) is 12.4 Å². The van der Waals surface area contributed by atoms with Gasteiger partial charge in [0.15, 0.2) is 0 Å². The molecule has 0 aliphatic heterocycles. The lowest BCUT2D eigenvalue weighted by Crippen LogP contribution is -2.05. The summed E-state index contributed by atoms with van der Waals surface area (Å²) in [5.74, 6) is 0.281. The van der Waals surface area contributed by atoms with Crippen LogP contribution < -0.4 is 4.74 Å². The van der Waals surface area contributed by atoms with Crippen molar-refractivity contribution in [2.45, 2.75) is 6.42 Å². The third-order valence-electron chi connectivity index (χ3n) is 1.57. The summed E-state index contributed by atoms with van der Waals surface area (Å²) in [4.78, 5) is 14.9. The van der Waals surface area contributed by atoms with Gasteiger partial charge in [-0.15, -0.1) is 0 Å². The highest BCUT2D eigenvalue weighted by Gasteiger charge is 2.03. The molecule has 0 aliphatic carbocycles. The molecule has 0 aliphatic rings. The first-order valence-corrected chi connectivity index (χ1v) is 4.05. The Morgan fingerprint density at radius 3 is 2.93 bits per heavy atom. The minimum absolute atomic E-state index is 0.171. The molecule has 0 bridgehead atoms. The molecular weight excluding hydrogens is 182 g/mol. The van der Waals surface area contributed by atoms with Gasteiger partial charge >= 0.3 is 5.97 Å². The molecule has 0 unspecified atom stereocenters. The molecule has 0 radical (unpaired) electrons. The fourth-order valence-corrected chi connectivity index (χ4v) is 0.901. The van der Waals surface area contributed by atoms with Crippen LogP contribution in [0.2, 0.25) is 0 Å². The van der Waals surface area contributed by atoms with Crippen LogP contribution in [0.25, 0.3) is 0 Å². The predicted octanol–water partition coefficient (Wildman–Crippen LogP) is 1.32. The Kier molecular flexibility index (Phi) is 3.67. The van der Waals surface area contributed by atoms with Crippen LogP contribution in [0.1, 0.15) is 5.69 Å². The lowest BCUT2D eigenvalue weighted by Gasteiger charge is -2.01. The number of aromatic nitrogens is 1. The van der Waals surface area contributed by atoms with Crippen molar-refractivity contribution in [2.24, 2.45) is 0 Å². The van der Waals surface area contributed by atoms with Crippen molar-refractivity contribution in [3.05, 3.63) is 36.9 Å². The van der Waals surface area contributed by atoms with E-state index in [4.69, 9.17) is 4.74 Å². The summed E-state index contributed by atoms with van der Waals surface area (Å²) in [6.07, 6.45) is 3.02. The minimum Gasteiger partial charge on any atom is -0.469 e. The number of carbonyl (C=O) groups excluding carboxylic acids is 1. The topological polar surface area (TPSA) is 48.4 Å². The van der Waals surface area contributed by atoms with Gasteiger partial charge in [-0.25, -0.2) is 0 Å². The minimum atomic E-state index is -0.310. The number of hydrogen-bond acceptors (Lipinski definition) is 4. The van der Waals surface area contributed by atoms with Gasteiger partial charge in [0, 0.05) is 0 Å². The van der Waals surface area contributed by atoms with Crippen molar-refractivity contribution in [2.75, 3.05) is 7.11 Å². The number of rotatable bonds is 4. The molecule has 14 heavy (non-hydrogen) atoms. The summed E-state index contributed by atoms with van der Waals surface area (Å²) in [6, 6.07) is 3.42. The molecular formula is C10H11NO3. The molecule has 0 amide bonds. The Morgan fingerprint density at radius 2 is 2.43 bits per heavy atom. The standard InChI is InChI=1S/C10H11NO3/c1-3-14-9-5-4-8(11-7-9)6-10(12)13-2/h3-5,7H,1,6H2,2H3. The summed E-state index contributed by atoms with van der Waals surface area (Å²) < 4.78 is 9.48. The predicted molar refractivity (Wildman–Crippen MR) is 50.8 cm³/mol. The normalized spacial score (nSPS) is 9.21. The van der Waals surface area contributed by atoms with E-state index >= 15 is 0 Å². The van der Waals surface area contributed by atoms with Crippen LogP contribution in [0.5, 0.6) is 5.75 Å². The van der Waals surface area contributed by atoms with Gasteiger partial charge in [-0.3, -0.25) is 9.78 Å². The van der Waals surface area contributed by atoms with E-state index in [2.05, 4.69) is 16.3 Å². The number of esters is 1. The maximum atomic E-state index is 10.9. The Morgan fingerprint density at radius 1 is 1.64 bits per heavy atom. The Hall–Kier alpha value is -1.84. The van der Waals surface area contributed by atoms with Gasteiger partial charge in [0.05, 0.1) is 31.7 Å². The second-order valence-corrected chi connectivity index (χ2v) is 2.52. The number of hydrogen-bond donors (Lipinski definition) is 0. The van der Waals surface area contributed by atoms with Crippen LogP contribution in [0.3, 0.4) is 0 Å². The van der Waals surface area contributed by atoms with E-state index in [0.29, 0.717) is 11.4 Å². The Labute approximate surface area is 82.2 Å². The molecule has 1 heterocycles. The smallest absolute Gasteiger partial charge is 0.311 e. The van der Waals surface area contributed by atoms with E-state index in [1.54, 1.807) is 12.1 Å². The van der Waals surface area contributed by atoms with Crippen LogP contribution in [0.15, 0.2) is 31.2 Å². The monoisotopic (exact) mass is 193 g/mol. The average Bonchev–Trinajstić information content (AvgIpc) is 2.21. The van der Waals surface area contributed by atoms with E-state index in [9.17, 15) is 4.79 Å². The lowest BCUT2D eigenvalue weighted by atomic mass is 10.3. The maximum Gasteiger partial charge on any atom is 0.311 e. The molecule has 1 aromatic heterocycles. The van der Waals surface area contributed by atoms with E-state index < -0.39 is 0 Å². The van der Waals surface area contributed by atoms with Crippen molar-refractivity contribution in [3.63, 3.8) is 0 Å². The molecule has 0 N–H and O–H groups in total. The first kappa shape index (κ1) is 10.2. The van der Waals surface area contributed by atoms with Gasteiger partial charge in [-0.05, 0) is 12.1 Å². The number of ether oxygens (including phenoxy) is 2. The lowest BCUT2D eigenvalue weighted by molar-refractivity contribution is -0.139. The Bertz CT molecular complexity index is 319. The van der Waals surface area contributed by atoms with Crippen LogP contribution in [0.4, 0.5) is 0 Å². The second-order valence-electron chi connectivity index (χ2n) is 2.52. The zero-order chi connectivity index (χ0) is 10.4.